The smallest absolute Gasteiger partial charge is 0.248 e. The fourth-order valence-electron chi connectivity index (χ4n) is 6.31. The SMILES string of the molecule is COc1cc(C(N)=O)ccc1NC(=O)[C@@H]1N[C@@H](CC(C)(C)C)[C@@]2(C(=O)Nc3cc(Cl)ccc32)[C@H]1c1cccc(Cl)c1F.[HH]. The molecule has 2 aliphatic heterocycles. The van der Waals surface area contributed by atoms with Crippen molar-refractivity contribution in [1.82, 2.24) is 5.32 Å². The average Bonchev–Trinajstić information content (AvgIpc) is 3.39. The highest BCUT2D eigenvalue weighted by atomic mass is 35.5. The number of carbonyl (C=O) groups is 3. The largest absolute Gasteiger partial charge is 0.495 e. The Morgan fingerprint density at radius 2 is 1.88 bits per heavy atom. The van der Waals surface area contributed by atoms with Crippen molar-refractivity contribution in [2.24, 2.45) is 11.1 Å². The molecule has 0 saturated carbocycles. The molecule has 0 bridgehead atoms. The monoisotopic (exact) mass is 614 g/mol. The number of amides is 3. The van der Waals surface area contributed by atoms with Crippen molar-refractivity contribution >= 4 is 52.3 Å². The van der Waals surface area contributed by atoms with Crippen LogP contribution in [0.25, 0.3) is 0 Å². The third kappa shape index (κ3) is 4.99. The van der Waals surface area contributed by atoms with Crippen LogP contribution < -0.4 is 26.4 Å². The highest BCUT2D eigenvalue weighted by Crippen LogP contribution is 2.57. The van der Waals surface area contributed by atoms with E-state index in [1.54, 1.807) is 30.3 Å². The summed E-state index contributed by atoms with van der Waals surface area (Å²) in [6.45, 7) is 6.10. The van der Waals surface area contributed by atoms with Crippen molar-refractivity contribution in [3.8, 4) is 5.75 Å². The van der Waals surface area contributed by atoms with Crippen LogP contribution >= 0.6 is 23.2 Å². The topological polar surface area (TPSA) is 123 Å². The van der Waals surface area contributed by atoms with E-state index in [1.165, 1.54) is 31.4 Å². The molecule has 1 fully saturated rings. The maximum atomic E-state index is 15.9. The van der Waals surface area contributed by atoms with Crippen molar-refractivity contribution in [3.05, 3.63) is 87.2 Å². The molecule has 3 amide bonds. The van der Waals surface area contributed by atoms with Gasteiger partial charge in [0, 0.05) is 29.7 Å². The third-order valence-electron chi connectivity index (χ3n) is 7.96. The number of hydrogen-bond acceptors (Lipinski definition) is 5. The highest BCUT2D eigenvalue weighted by molar-refractivity contribution is 6.31. The first-order chi connectivity index (χ1) is 19.8. The number of ether oxygens (including phenoxy) is 1. The van der Waals surface area contributed by atoms with Crippen molar-refractivity contribution in [2.45, 2.75) is 50.6 Å². The molecule has 3 aromatic rings. The minimum Gasteiger partial charge on any atom is -0.495 e. The van der Waals surface area contributed by atoms with Gasteiger partial charge in [0.05, 0.1) is 23.9 Å². The molecule has 8 nitrogen and oxygen atoms in total. The Bertz CT molecular complexity index is 1620. The molecule has 1 spiro atoms. The molecule has 0 aromatic heterocycles. The van der Waals surface area contributed by atoms with Crippen LogP contribution in [0, 0.1) is 11.2 Å². The number of anilines is 2. The summed E-state index contributed by atoms with van der Waals surface area (Å²) >= 11 is 12.5. The van der Waals surface area contributed by atoms with Crippen LogP contribution in [0.4, 0.5) is 15.8 Å². The van der Waals surface area contributed by atoms with E-state index in [0.29, 0.717) is 22.7 Å². The van der Waals surface area contributed by atoms with Crippen LogP contribution in [0.1, 0.15) is 56.0 Å². The maximum absolute atomic E-state index is 15.9. The zero-order chi connectivity index (χ0) is 30.6. The Labute approximate surface area is 254 Å². The van der Waals surface area contributed by atoms with Crippen LogP contribution in [-0.4, -0.2) is 36.9 Å². The predicted molar refractivity (Wildman–Crippen MR) is 163 cm³/mol. The number of fused-ring (bicyclic) bond motifs is 2. The van der Waals surface area contributed by atoms with E-state index in [-0.39, 0.29) is 40.3 Å². The number of primary amides is 1. The summed E-state index contributed by atoms with van der Waals surface area (Å²) in [6.07, 6.45) is 0.474. The van der Waals surface area contributed by atoms with Gasteiger partial charge in [-0.15, -0.1) is 0 Å². The van der Waals surface area contributed by atoms with Gasteiger partial charge < -0.3 is 26.4 Å². The first kappa shape index (κ1) is 29.8. The first-order valence-corrected chi connectivity index (χ1v) is 14.1. The van der Waals surface area contributed by atoms with Gasteiger partial charge in [0.1, 0.15) is 17.0 Å². The van der Waals surface area contributed by atoms with Gasteiger partial charge in [0.25, 0.3) is 0 Å². The van der Waals surface area contributed by atoms with E-state index in [2.05, 4.69) is 16.0 Å². The van der Waals surface area contributed by atoms with Gasteiger partial charge in [-0.05, 0) is 59.4 Å². The average molecular weight is 616 g/mol. The van der Waals surface area contributed by atoms with Gasteiger partial charge >= 0.3 is 0 Å². The number of hydrogen-bond donors (Lipinski definition) is 4. The molecular formula is C31H33Cl2FN4O4. The zero-order valence-electron chi connectivity index (χ0n) is 23.5. The number of nitrogens with two attached hydrogens (primary N) is 1. The van der Waals surface area contributed by atoms with Crippen LogP contribution in [0.15, 0.2) is 54.6 Å². The second-order valence-electron chi connectivity index (χ2n) is 11.9. The molecule has 0 unspecified atom stereocenters. The summed E-state index contributed by atoms with van der Waals surface area (Å²) in [5, 5.41) is 9.52. The Hall–Kier alpha value is -3.66. The molecule has 5 N–H and O–H groups in total. The van der Waals surface area contributed by atoms with Gasteiger partial charge in [-0.3, -0.25) is 14.4 Å². The molecule has 1 saturated heterocycles. The summed E-state index contributed by atoms with van der Waals surface area (Å²) in [5.74, 6) is -3.07. The summed E-state index contributed by atoms with van der Waals surface area (Å²) in [5.41, 5.74) is 5.45. The van der Waals surface area contributed by atoms with E-state index in [9.17, 15) is 14.4 Å². The number of methoxy groups -OCH3 is 1. The summed E-state index contributed by atoms with van der Waals surface area (Å²) < 4.78 is 21.3. The van der Waals surface area contributed by atoms with E-state index in [1.807, 2.05) is 20.8 Å². The van der Waals surface area contributed by atoms with Crippen LogP contribution in [-0.2, 0) is 15.0 Å². The summed E-state index contributed by atoms with van der Waals surface area (Å²) in [6, 6.07) is 12.4. The molecule has 5 rings (SSSR count). The number of rotatable bonds is 6. The summed E-state index contributed by atoms with van der Waals surface area (Å²) in [7, 11) is 1.40. The first-order valence-electron chi connectivity index (χ1n) is 13.4. The summed E-state index contributed by atoms with van der Waals surface area (Å²) in [4.78, 5) is 40.1. The van der Waals surface area contributed by atoms with Gasteiger partial charge in [0.15, 0.2) is 0 Å². The van der Waals surface area contributed by atoms with Crippen LogP contribution in [0.2, 0.25) is 10.0 Å². The minimum absolute atomic E-state index is 0. The van der Waals surface area contributed by atoms with Crippen molar-refractivity contribution in [2.75, 3.05) is 17.7 Å². The van der Waals surface area contributed by atoms with Gasteiger partial charge in [-0.25, -0.2) is 4.39 Å². The van der Waals surface area contributed by atoms with Crippen molar-refractivity contribution < 1.29 is 24.9 Å². The van der Waals surface area contributed by atoms with Gasteiger partial charge in [-0.1, -0.05) is 62.2 Å². The second-order valence-corrected chi connectivity index (χ2v) is 12.7. The van der Waals surface area contributed by atoms with Crippen LogP contribution in [0.3, 0.4) is 0 Å². The molecule has 0 aliphatic carbocycles. The molecule has 2 aliphatic rings. The normalized spacial score (nSPS) is 23.0. The molecule has 3 aromatic carbocycles. The maximum Gasteiger partial charge on any atom is 0.248 e. The van der Waals surface area contributed by atoms with E-state index < -0.39 is 41.0 Å². The number of benzene rings is 3. The highest BCUT2D eigenvalue weighted by Gasteiger charge is 2.66. The standard InChI is InChI=1S/C31H31Cl2FN4O4.H2/c1-30(2,3)14-23-31(18-10-9-16(32)13-21(18)37-29(31)41)24(17-6-5-7-19(33)25(17)34)26(38-23)28(40)36-20-11-8-15(27(35)39)12-22(20)42-4;/h5-13,23-24,26,38H,14H2,1-4H3,(H2,35,39)(H,36,40)(H,37,41);1H/t23-,24-,26+,31+;/m0./s1. The lowest BCUT2D eigenvalue weighted by Crippen LogP contribution is -2.49. The molecule has 0 radical (unpaired) electrons. The predicted octanol–water partition coefficient (Wildman–Crippen LogP) is 5.88. The Morgan fingerprint density at radius 3 is 2.55 bits per heavy atom. The van der Waals surface area contributed by atoms with Crippen molar-refractivity contribution in [3.63, 3.8) is 0 Å². The number of nitrogens with one attached hydrogen (secondary N) is 3. The molecule has 11 heteroatoms. The Balaban J connectivity index is 0.00000423. The zero-order valence-corrected chi connectivity index (χ0v) is 25.0. The van der Waals surface area contributed by atoms with E-state index >= 15 is 4.39 Å². The molecule has 42 heavy (non-hydrogen) atoms. The number of carbonyl (C=O) groups excluding carboxylic acids is 3. The van der Waals surface area contributed by atoms with Gasteiger partial charge in [-0.2, -0.15) is 0 Å². The molecule has 222 valence electrons. The van der Waals surface area contributed by atoms with E-state index in [4.69, 9.17) is 33.7 Å². The lowest BCUT2D eigenvalue weighted by Gasteiger charge is -2.37. The minimum atomic E-state index is -1.39. The fraction of sp³-hybridized carbons (Fsp3) is 0.323. The Kier molecular flexibility index (Phi) is 7.72. The fourth-order valence-corrected chi connectivity index (χ4v) is 6.66. The quantitative estimate of drug-likeness (QED) is 0.276. The lowest BCUT2D eigenvalue weighted by atomic mass is 9.62. The van der Waals surface area contributed by atoms with Gasteiger partial charge in [0.2, 0.25) is 17.7 Å². The second kappa shape index (κ2) is 10.9. The molecule has 4 atom stereocenters. The lowest BCUT2D eigenvalue weighted by molar-refractivity contribution is -0.122. The van der Waals surface area contributed by atoms with Crippen LogP contribution in [0.5, 0.6) is 5.75 Å². The Morgan fingerprint density at radius 1 is 1.14 bits per heavy atom. The molecule has 2 heterocycles. The third-order valence-corrected chi connectivity index (χ3v) is 8.49. The molecular weight excluding hydrogens is 582 g/mol. The van der Waals surface area contributed by atoms with Crippen molar-refractivity contribution in [1.29, 1.82) is 0 Å². The number of halogens is 3. The van der Waals surface area contributed by atoms with E-state index in [0.717, 1.165) is 0 Å².